The van der Waals surface area contributed by atoms with E-state index in [0.717, 1.165) is 12.1 Å². The Morgan fingerprint density at radius 3 is 2.26 bits per heavy atom. The van der Waals surface area contributed by atoms with Gasteiger partial charge in [-0.2, -0.15) is 13.2 Å². The third-order valence-corrected chi connectivity index (χ3v) is 3.63. The van der Waals surface area contributed by atoms with Gasteiger partial charge in [-0.05, 0) is 23.8 Å². The number of aliphatic hydroxyl groups excluding tert-OH is 1. The maximum atomic E-state index is 12.6. The fourth-order valence-electron chi connectivity index (χ4n) is 1.48. The smallest absolute Gasteiger partial charge is 0.396 e. The van der Waals surface area contributed by atoms with Crippen LogP contribution in [0, 0.1) is 5.41 Å². The first-order valence-electron chi connectivity index (χ1n) is 5.32. The molecule has 110 valence electrons. The second kappa shape index (κ2) is 6.43. The summed E-state index contributed by atoms with van der Waals surface area (Å²) < 4.78 is 38.4. The van der Waals surface area contributed by atoms with Crippen LogP contribution in [-0.4, -0.2) is 11.7 Å². The molecule has 7 heteroatoms. The Balaban J connectivity index is 0.00000324. The normalized spacial score (nSPS) is 13.9. The van der Waals surface area contributed by atoms with Crippen LogP contribution in [0.5, 0.6) is 0 Å². The van der Waals surface area contributed by atoms with E-state index in [1.807, 2.05) is 0 Å². The summed E-state index contributed by atoms with van der Waals surface area (Å²) in [5, 5.41) is 9.23. The Hall–Kier alpha value is -0.300. The fraction of sp³-hybridized carbons (Fsp3) is 0.500. The van der Waals surface area contributed by atoms with Crippen LogP contribution in [-0.2, 0) is 6.18 Å². The second-order valence-electron chi connectivity index (χ2n) is 4.86. The molecule has 0 bridgehead atoms. The number of hydrogen-bond acceptors (Lipinski definition) is 2. The van der Waals surface area contributed by atoms with Crippen LogP contribution in [0.1, 0.15) is 31.0 Å². The maximum Gasteiger partial charge on any atom is 0.416 e. The Morgan fingerprint density at radius 2 is 1.84 bits per heavy atom. The van der Waals surface area contributed by atoms with Gasteiger partial charge in [0.05, 0.1) is 5.56 Å². The van der Waals surface area contributed by atoms with E-state index >= 15 is 0 Å². The summed E-state index contributed by atoms with van der Waals surface area (Å²) in [7, 11) is 0. The van der Waals surface area contributed by atoms with Gasteiger partial charge in [0.2, 0.25) is 0 Å². The van der Waals surface area contributed by atoms with E-state index in [9.17, 15) is 18.3 Å². The lowest BCUT2D eigenvalue weighted by Gasteiger charge is -2.30. The van der Waals surface area contributed by atoms with Crippen LogP contribution in [0.2, 0.25) is 0 Å². The fourth-order valence-corrected chi connectivity index (χ4v) is 1.97. The highest BCUT2D eigenvalue weighted by atomic mass is 79.9. The van der Waals surface area contributed by atoms with Crippen molar-refractivity contribution in [2.45, 2.75) is 26.1 Å². The highest BCUT2D eigenvalue weighted by Crippen LogP contribution is 2.38. The van der Waals surface area contributed by atoms with Crippen LogP contribution in [0.25, 0.3) is 0 Å². The molecule has 0 aliphatic carbocycles. The van der Waals surface area contributed by atoms with Gasteiger partial charge < -0.3 is 10.8 Å². The standard InChI is InChI=1S/C12H15BrF3NO.ClH/c1-11(2,6-18)10(17)8-5-7(12(14,15)16)3-4-9(8)13;/h3-5,10,18H,6,17H2,1-2H3;1H/t10-;/m0./s1. The van der Waals surface area contributed by atoms with Crippen LogP contribution in [0.15, 0.2) is 22.7 Å². The average Bonchev–Trinajstić information content (AvgIpc) is 2.27. The van der Waals surface area contributed by atoms with E-state index in [1.165, 1.54) is 6.07 Å². The third kappa shape index (κ3) is 4.34. The van der Waals surface area contributed by atoms with Crippen molar-refractivity contribution in [1.82, 2.24) is 0 Å². The summed E-state index contributed by atoms with van der Waals surface area (Å²) in [6.07, 6.45) is -4.40. The van der Waals surface area contributed by atoms with Crippen molar-refractivity contribution in [3.05, 3.63) is 33.8 Å². The van der Waals surface area contributed by atoms with Crippen molar-refractivity contribution in [2.75, 3.05) is 6.61 Å². The topological polar surface area (TPSA) is 46.2 Å². The van der Waals surface area contributed by atoms with E-state index < -0.39 is 23.2 Å². The molecule has 0 heterocycles. The molecule has 0 saturated heterocycles. The van der Waals surface area contributed by atoms with E-state index in [1.54, 1.807) is 13.8 Å². The minimum Gasteiger partial charge on any atom is -0.396 e. The molecule has 0 aliphatic rings. The van der Waals surface area contributed by atoms with Gasteiger partial charge in [0.1, 0.15) is 0 Å². The van der Waals surface area contributed by atoms with Gasteiger partial charge in [-0.25, -0.2) is 0 Å². The molecule has 1 aromatic carbocycles. The molecule has 19 heavy (non-hydrogen) atoms. The zero-order valence-corrected chi connectivity index (χ0v) is 12.9. The number of nitrogens with two attached hydrogens (primary N) is 1. The molecule has 0 aromatic heterocycles. The molecule has 0 radical (unpaired) electrons. The predicted molar refractivity (Wildman–Crippen MR) is 74.2 cm³/mol. The molecular weight excluding hydrogens is 346 g/mol. The van der Waals surface area contributed by atoms with E-state index in [0.29, 0.717) is 10.0 Å². The minimum atomic E-state index is -4.40. The molecule has 1 rings (SSSR count). The molecule has 2 nitrogen and oxygen atoms in total. The third-order valence-electron chi connectivity index (χ3n) is 2.91. The van der Waals surface area contributed by atoms with Crippen molar-refractivity contribution in [2.24, 2.45) is 11.1 Å². The van der Waals surface area contributed by atoms with Gasteiger partial charge >= 0.3 is 6.18 Å². The van der Waals surface area contributed by atoms with Crippen molar-refractivity contribution in [3.63, 3.8) is 0 Å². The lowest BCUT2D eigenvalue weighted by molar-refractivity contribution is -0.137. The molecule has 3 N–H and O–H groups in total. The van der Waals surface area contributed by atoms with Gasteiger partial charge in [-0.1, -0.05) is 29.8 Å². The highest BCUT2D eigenvalue weighted by Gasteiger charge is 2.34. The quantitative estimate of drug-likeness (QED) is 0.856. The number of aliphatic hydroxyl groups is 1. The van der Waals surface area contributed by atoms with E-state index in [4.69, 9.17) is 5.73 Å². The van der Waals surface area contributed by atoms with Crippen LogP contribution in [0.3, 0.4) is 0 Å². The van der Waals surface area contributed by atoms with E-state index in [2.05, 4.69) is 15.9 Å². The molecule has 0 saturated carbocycles. The summed E-state index contributed by atoms with van der Waals surface area (Å²) in [6.45, 7) is 3.19. The minimum absolute atomic E-state index is 0. The lowest BCUT2D eigenvalue weighted by atomic mass is 9.81. The Bertz CT molecular complexity index is 437. The summed E-state index contributed by atoms with van der Waals surface area (Å²) >= 11 is 3.19. The van der Waals surface area contributed by atoms with E-state index in [-0.39, 0.29) is 19.0 Å². The number of alkyl halides is 3. The molecule has 1 aromatic rings. The van der Waals surface area contributed by atoms with Gasteiger partial charge in [0, 0.05) is 22.5 Å². The summed E-state index contributed by atoms with van der Waals surface area (Å²) in [5.41, 5.74) is 4.83. The summed E-state index contributed by atoms with van der Waals surface area (Å²) in [6, 6.07) is 2.64. The van der Waals surface area contributed by atoms with Crippen molar-refractivity contribution in [1.29, 1.82) is 0 Å². The van der Waals surface area contributed by atoms with Gasteiger partial charge in [0.15, 0.2) is 0 Å². The number of hydrogen-bond donors (Lipinski definition) is 2. The van der Waals surface area contributed by atoms with Gasteiger partial charge in [0.25, 0.3) is 0 Å². The van der Waals surface area contributed by atoms with Crippen LogP contribution in [0.4, 0.5) is 13.2 Å². The molecule has 0 fully saturated rings. The zero-order valence-electron chi connectivity index (χ0n) is 10.5. The summed E-state index contributed by atoms with van der Waals surface area (Å²) in [4.78, 5) is 0. The Kier molecular flexibility index (Phi) is 6.33. The molecule has 0 spiro atoms. The van der Waals surface area contributed by atoms with Crippen molar-refractivity contribution in [3.8, 4) is 0 Å². The lowest BCUT2D eigenvalue weighted by Crippen LogP contribution is -2.32. The molecule has 1 atom stereocenters. The number of rotatable bonds is 3. The van der Waals surface area contributed by atoms with Crippen molar-refractivity contribution < 1.29 is 18.3 Å². The second-order valence-corrected chi connectivity index (χ2v) is 5.71. The number of benzene rings is 1. The summed E-state index contributed by atoms with van der Waals surface area (Å²) in [5.74, 6) is 0. The average molecular weight is 363 g/mol. The Morgan fingerprint density at radius 1 is 1.32 bits per heavy atom. The monoisotopic (exact) mass is 361 g/mol. The van der Waals surface area contributed by atoms with Crippen molar-refractivity contribution >= 4 is 28.3 Å². The molecule has 0 amide bonds. The highest BCUT2D eigenvalue weighted by molar-refractivity contribution is 9.10. The first kappa shape index (κ1) is 18.7. The SMILES string of the molecule is CC(C)(CO)[C@@H](N)c1cc(C(F)(F)F)ccc1Br.Cl. The molecular formula is C12H16BrClF3NO. The predicted octanol–water partition coefficient (Wildman–Crippen LogP) is 3.91. The van der Waals surface area contributed by atoms with Crippen LogP contribution >= 0.6 is 28.3 Å². The van der Waals surface area contributed by atoms with Gasteiger partial charge in [-0.15, -0.1) is 12.4 Å². The van der Waals surface area contributed by atoms with Crippen LogP contribution < -0.4 is 5.73 Å². The van der Waals surface area contributed by atoms with Gasteiger partial charge in [-0.3, -0.25) is 0 Å². The molecule has 0 unspecified atom stereocenters. The first-order chi connectivity index (χ1) is 8.09. The first-order valence-corrected chi connectivity index (χ1v) is 6.12. The number of halogens is 5. The zero-order chi connectivity index (χ0) is 14.1. The largest absolute Gasteiger partial charge is 0.416 e. The molecule has 0 aliphatic heterocycles. The Labute approximate surface area is 124 Å². The maximum absolute atomic E-state index is 12.6.